The molecule has 3 heterocycles. The van der Waals surface area contributed by atoms with Crippen LogP contribution >= 0.6 is 0 Å². The van der Waals surface area contributed by atoms with Gasteiger partial charge < -0.3 is 29.2 Å². The van der Waals surface area contributed by atoms with E-state index in [1.54, 1.807) is 18.6 Å². The third-order valence-electron chi connectivity index (χ3n) is 8.26. The maximum atomic E-state index is 13.4. The highest BCUT2D eigenvalue weighted by molar-refractivity contribution is 5.83. The van der Waals surface area contributed by atoms with Crippen molar-refractivity contribution < 1.29 is 34.0 Å². The van der Waals surface area contributed by atoms with Gasteiger partial charge in [0.05, 0.1) is 42.9 Å². The number of hydrogen-bond acceptors (Lipinski definition) is 7. The minimum Gasteiger partial charge on any atom is -0.472 e. The van der Waals surface area contributed by atoms with Crippen molar-refractivity contribution in [2.75, 3.05) is 13.2 Å². The summed E-state index contributed by atoms with van der Waals surface area (Å²) in [5.41, 5.74) is -3.24. The van der Waals surface area contributed by atoms with Gasteiger partial charge in [-0.2, -0.15) is 0 Å². The minimum atomic E-state index is -1.05. The lowest BCUT2D eigenvalue weighted by atomic mass is 9.35. The first-order valence-corrected chi connectivity index (χ1v) is 9.76. The first-order valence-electron chi connectivity index (χ1n) is 9.76. The molecule has 2 bridgehead atoms. The van der Waals surface area contributed by atoms with Crippen molar-refractivity contribution in [2.24, 2.45) is 16.7 Å². The van der Waals surface area contributed by atoms with Crippen molar-refractivity contribution in [1.29, 1.82) is 0 Å². The summed E-state index contributed by atoms with van der Waals surface area (Å²) in [5.74, 6) is -0.509. The van der Waals surface area contributed by atoms with Gasteiger partial charge in [0.2, 0.25) is 0 Å². The second-order valence-corrected chi connectivity index (χ2v) is 8.84. The molecular weight excluding hydrogens is 352 g/mol. The van der Waals surface area contributed by atoms with Gasteiger partial charge in [-0.25, -0.2) is 0 Å². The largest absolute Gasteiger partial charge is 0.472 e. The number of carbonyl (C=O) groups excluding carboxylic acids is 1. The van der Waals surface area contributed by atoms with E-state index in [2.05, 4.69) is 0 Å². The first kappa shape index (κ1) is 17.7. The molecule has 2 aliphatic carbocycles. The van der Waals surface area contributed by atoms with Crippen LogP contribution in [0.2, 0.25) is 0 Å². The summed E-state index contributed by atoms with van der Waals surface area (Å²) >= 11 is 0. The third-order valence-corrected chi connectivity index (χ3v) is 8.26. The molecule has 27 heavy (non-hydrogen) atoms. The molecule has 4 fully saturated rings. The zero-order valence-electron chi connectivity index (χ0n) is 15.4. The van der Waals surface area contributed by atoms with Gasteiger partial charge in [-0.05, 0) is 37.7 Å². The fourth-order valence-corrected chi connectivity index (χ4v) is 7.09. The van der Waals surface area contributed by atoms with Crippen molar-refractivity contribution in [2.45, 2.75) is 62.4 Å². The van der Waals surface area contributed by atoms with Crippen LogP contribution in [-0.4, -0.2) is 51.8 Å². The summed E-state index contributed by atoms with van der Waals surface area (Å²) in [7, 11) is 0. The van der Waals surface area contributed by atoms with E-state index >= 15 is 0 Å². The molecule has 1 aromatic rings. The van der Waals surface area contributed by atoms with Crippen molar-refractivity contribution in [3.05, 3.63) is 24.2 Å². The molecule has 0 radical (unpaired) electrons. The molecule has 0 amide bonds. The SMILES string of the molecule is CC1CC(O)C2(CO)C3(CO)CCCC2(O3)C12CC(c1ccoc1)OC2=O. The Morgan fingerprint density at radius 1 is 1.26 bits per heavy atom. The molecule has 2 aliphatic heterocycles. The fraction of sp³-hybridized carbons (Fsp3) is 0.750. The Labute approximate surface area is 157 Å². The molecule has 7 nitrogen and oxygen atoms in total. The number of cyclic esters (lactones) is 1. The van der Waals surface area contributed by atoms with Crippen molar-refractivity contribution in [1.82, 2.24) is 0 Å². The van der Waals surface area contributed by atoms with Crippen LogP contribution in [-0.2, 0) is 14.3 Å². The van der Waals surface area contributed by atoms with Gasteiger partial charge in [0.1, 0.15) is 17.1 Å². The van der Waals surface area contributed by atoms with E-state index in [1.807, 2.05) is 6.92 Å². The van der Waals surface area contributed by atoms with Crippen LogP contribution in [0.5, 0.6) is 0 Å². The number of aliphatic hydroxyl groups excluding tert-OH is 3. The quantitative estimate of drug-likeness (QED) is 0.681. The highest BCUT2D eigenvalue weighted by Gasteiger charge is 2.89. The predicted octanol–water partition coefficient (Wildman–Crippen LogP) is 1.32. The van der Waals surface area contributed by atoms with E-state index in [0.717, 1.165) is 12.0 Å². The smallest absolute Gasteiger partial charge is 0.316 e. The van der Waals surface area contributed by atoms with E-state index in [0.29, 0.717) is 25.7 Å². The zero-order chi connectivity index (χ0) is 19.1. The lowest BCUT2D eigenvalue weighted by molar-refractivity contribution is -0.480. The monoisotopic (exact) mass is 378 g/mol. The van der Waals surface area contributed by atoms with Crippen LogP contribution in [0.4, 0.5) is 0 Å². The van der Waals surface area contributed by atoms with Crippen molar-refractivity contribution in [3.63, 3.8) is 0 Å². The first-order chi connectivity index (χ1) is 12.9. The second kappa shape index (κ2) is 5.35. The fourth-order valence-electron chi connectivity index (χ4n) is 7.09. The minimum absolute atomic E-state index is 0.175. The highest BCUT2D eigenvalue weighted by atomic mass is 16.6. The Hall–Kier alpha value is -1.41. The van der Waals surface area contributed by atoms with Crippen molar-refractivity contribution >= 4 is 5.97 Å². The lowest BCUT2D eigenvalue weighted by Crippen LogP contribution is -2.91. The van der Waals surface area contributed by atoms with Gasteiger partial charge in [-0.15, -0.1) is 0 Å². The number of aliphatic hydroxyl groups is 3. The summed E-state index contributed by atoms with van der Waals surface area (Å²) in [6.45, 7) is 1.35. The normalized spacial score (nSPS) is 51.0. The Kier molecular flexibility index (Phi) is 3.50. The number of ether oxygens (including phenoxy) is 2. The molecule has 1 spiro atoms. The summed E-state index contributed by atoms with van der Waals surface area (Å²) in [4.78, 5) is 13.4. The van der Waals surface area contributed by atoms with E-state index in [4.69, 9.17) is 13.9 Å². The molecule has 2 saturated heterocycles. The van der Waals surface area contributed by atoms with Gasteiger partial charge in [-0.1, -0.05) is 6.92 Å². The van der Waals surface area contributed by atoms with Crippen LogP contribution in [0.1, 0.15) is 50.7 Å². The molecule has 1 aromatic heterocycles. The Bertz CT molecular complexity index is 762. The average Bonchev–Trinajstić information content (AvgIpc) is 3.29. The molecule has 2 saturated carbocycles. The molecular formula is C20H26O7. The highest BCUT2D eigenvalue weighted by Crippen LogP contribution is 2.78. The van der Waals surface area contributed by atoms with Crippen LogP contribution in [0.3, 0.4) is 0 Å². The molecule has 5 rings (SSSR count). The van der Waals surface area contributed by atoms with Gasteiger partial charge >= 0.3 is 5.97 Å². The van der Waals surface area contributed by atoms with Crippen molar-refractivity contribution in [3.8, 4) is 0 Å². The molecule has 0 aromatic carbocycles. The maximum Gasteiger partial charge on any atom is 0.316 e. The van der Waals surface area contributed by atoms with E-state index in [1.165, 1.54) is 0 Å². The van der Waals surface area contributed by atoms with Crippen LogP contribution in [0.15, 0.2) is 23.0 Å². The Morgan fingerprint density at radius 3 is 2.74 bits per heavy atom. The van der Waals surface area contributed by atoms with Crippen LogP contribution < -0.4 is 0 Å². The summed E-state index contributed by atoms with van der Waals surface area (Å²) in [5, 5.41) is 31.7. The third kappa shape index (κ3) is 1.64. The topological polar surface area (TPSA) is 109 Å². The van der Waals surface area contributed by atoms with Gasteiger partial charge in [0.15, 0.2) is 0 Å². The molecule has 148 valence electrons. The Balaban J connectivity index is 1.66. The summed E-state index contributed by atoms with van der Waals surface area (Å²) < 4.78 is 17.4. The second-order valence-electron chi connectivity index (χ2n) is 8.84. The van der Waals surface area contributed by atoms with Gasteiger partial charge in [0.25, 0.3) is 0 Å². The predicted molar refractivity (Wildman–Crippen MR) is 91.4 cm³/mol. The van der Waals surface area contributed by atoms with Gasteiger partial charge in [0, 0.05) is 12.0 Å². The van der Waals surface area contributed by atoms with E-state index in [-0.39, 0.29) is 25.1 Å². The molecule has 3 N–H and O–H groups in total. The number of carbonyl (C=O) groups is 1. The zero-order valence-corrected chi connectivity index (χ0v) is 15.4. The van der Waals surface area contributed by atoms with Crippen LogP contribution in [0, 0.1) is 16.7 Å². The molecule has 4 aliphatic rings. The average molecular weight is 378 g/mol. The number of hydrogen-bond donors (Lipinski definition) is 3. The van der Waals surface area contributed by atoms with Crippen LogP contribution in [0.25, 0.3) is 0 Å². The van der Waals surface area contributed by atoms with E-state index in [9.17, 15) is 20.1 Å². The molecule has 7 heteroatoms. The van der Waals surface area contributed by atoms with Gasteiger partial charge in [-0.3, -0.25) is 4.79 Å². The lowest BCUT2D eigenvalue weighted by Gasteiger charge is -2.80. The Morgan fingerprint density at radius 2 is 2.07 bits per heavy atom. The molecule has 7 atom stereocenters. The standard InChI is InChI=1S/C20H26O7/c1-12-7-15(23)19(11-22)17(10-21)4-2-5-20(19,27-17)18(12)8-14(26-16(18)24)13-3-6-25-9-13/h3,6,9,12,14-15,21-23H,2,4-5,7-8,10-11H2,1H3. The summed E-state index contributed by atoms with van der Waals surface area (Å²) in [6.07, 6.45) is 4.53. The number of rotatable bonds is 3. The number of furan rings is 1. The maximum absolute atomic E-state index is 13.4. The molecule has 7 unspecified atom stereocenters. The summed E-state index contributed by atoms with van der Waals surface area (Å²) in [6, 6.07) is 1.79. The van der Waals surface area contributed by atoms with E-state index < -0.39 is 34.2 Å². The number of esters is 1.